The third-order valence-corrected chi connectivity index (χ3v) is 4.32. The van der Waals surface area contributed by atoms with Gasteiger partial charge in [0.15, 0.2) is 5.16 Å². The van der Waals surface area contributed by atoms with Crippen LogP contribution < -0.4 is 0 Å². The highest BCUT2D eigenvalue weighted by molar-refractivity contribution is 7.98. The normalized spacial score (nSPS) is 14.2. The number of thioether (sulfide) groups is 1. The smallest absolute Gasteiger partial charge is 0.338 e. The number of methoxy groups -OCH3 is 1. The predicted octanol–water partition coefficient (Wildman–Crippen LogP) is 2.83. The average molecular weight is 307 g/mol. The molecule has 1 fully saturated rings. The molecule has 3 rings (SSSR count). The molecule has 0 aliphatic heterocycles. The quantitative estimate of drug-likeness (QED) is 0.628. The van der Waals surface area contributed by atoms with Gasteiger partial charge < -0.3 is 9.30 Å². The van der Waals surface area contributed by atoms with Crippen LogP contribution in [0.1, 0.15) is 34.8 Å². The van der Waals surface area contributed by atoms with Gasteiger partial charge in [-0.1, -0.05) is 17.8 Å². The number of benzene rings is 1. The Bertz CT molecular complexity index is 670. The first-order valence-electron chi connectivity index (χ1n) is 6.58. The fourth-order valence-electron chi connectivity index (χ4n) is 2.06. The Hall–Kier alpha value is -1.89. The lowest BCUT2D eigenvalue weighted by Crippen LogP contribution is -2.06. The lowest BCUT2D eigenvalue weighted by Gasteiger charge is -2.08. The SMILES string of the molecule is COC(=O)c1cc(F)ccc1CSc1nncn1C1CC1. The van der Waals surface area contributed by atoms with Crippen LogP contribution in [0.5, 0.6) is 0 Å². The second kappa shape index (κ2) is 5.85. The first kappa shape index (κ1) is 14.1. The number of carbonyl (C=O) groups is 1. The van der Waals surface area contributed by atoms with Gasteiger partial charge in [0.1, 0.15) is 12.1 Å². The summed E-state index contributed by atoms with van der Waals surface area (Å²) in [6, 6.07) is 4.64. The van der Waals surface area contributed by atoms with Gasteiger partial charge in [-0.3, -0.25) is 0 Å². The monoisotopic (exact) mass is 307 g/mol. The molecule has 2 aromatic rings. The third-order valence-electron chi connectivity index (χ3n) is 3.31. The zero-order valence-corrected chi connectivity index (χ0v) is 12.3. The molecular weight excluding hydrogens is 293 g/mol. The second-order valence-corrected chi connectivity index (χ2v) is 5.78. The molecule has 1 heterocycles. The van der Waals surface area contributed by atoms with Crippen LogP contribution in [0.15, 0.2) is 29.7 Å². The van der Waals surface area contributed by atoms with Crippen molar-refractivity contribution in [1.29, 1.82) is 0 Å². The van der Waals surface area contributed by atoms with E-state index in [9.17, 15) is 9.18 Å². The molecule has 0 amide bonds. The van der Waals surface area contributed by atoms with Crippen molar-refractivity contribution in [1.82, 2.24) is 14.8 Å². The summed E-state index contributed by atoms with van der Waals surface area (Å²) in [6.45, 7) is 0. The summed E-state index contributed by atoms with van der Waals surface area (Å²) in [5.41, 5.74) is 0.973. The number of aromatic nitrogens is 3. The molecule has 1 saturated carbocycles. The topological polar surface area (TPSA) is 57.0 Å². The van der Waals surface area contributed by atoms with Crippen LogP contribution >= 0.6 is 11.8 Å². The van der Waals surface area contributed by atoms with E-state index in [1.165, 1.54) is 31.0 Å². The maximum Gasteiger partial charge on any atom is 0.338 e. The van der Waals surface area contributed by atoms with E-state index in [-0.39, 0.29) is 5.56 Å². The van der Waals surface area contributed by atoms with E-state index >= 15 is 0 Å². The van der Waals surface area contributed by atoms with Gasteiger partial charge in [-0.2, -0.15) is 0 Å². The Balaban J connectivity index is 1.78. The Morgan fingerprint density at radius 2 is 2.33 bits per heavy atom. The van der Waals surface area contributed by atoms with E-state index in [2.05, 4.69) is 10.2 Å². The molecule has 1 aliphatic rings. The van der Waals surface area contributed by atoms with Crippen molar-refractivity contribution < 1.29 is 13.9 Å². The summed E-state index contributed by atoms with van der Waals surface area (Å²) >= 11 is 1.48. The van der Waals surface area contributed by atoms with Gasteiger partial charge in [0, 0.05) is 11.8 Å². The average Bonchev–Trinajstić information content (AvgIpc) is 3.24. The number of rotatable bonds is 5. The first-order valence-corrected chi connectivity index (χ1v) is 7.56. The highest BCUT2D eigenvalue weighted by Crippen LogP contribution is 2.37. The van der Waals surface area contributed by atoms with Crippen molar-refractivity contribution in [2.75, 3.05) is 7.11 Å². The minimum Gasteiger partial charge on any atom is -0.465 e. The molecule has 0 N–H and O–H groups in total. The number of halogens is 1. The van der Waals surface area contributed by atoms with Crippen molar-refractivity contribution in [3.8, 4) is 0 Å². The lowest BCUT2D eigenvalue weighted by molar-refractivity contribution is 0.0599. The van der Waals surface area contributed by atoms with Crippen LogP contribution in [0.2, 0.25) is 0 Å². The number of esters is 1. The molecule has 5 nitrogen and oxygen atoms in total. The predicted molar refractivity (Wildman–Crippen MR) is 75.6 cm³/mol. The number of carbonyl (C=O) groups excluding carboxylic acids is 1. The van der Waals surface area contributed by atoms with E-state index < -0.39 is 11.8 Å². The van der Waals surface area contributed by atoms with Gasteiger partial charge in [-0.05, 0) is 30.5 Å². The second-order valence-electron chi connectivity index (χ2n) is 4.83. The van der Waals surface area contributed by atoms with E-state index in [0.29, 0.717) is 11.8 Å². The number of ether oxygens (including phenoxy) is 1. The number of nitrogens with zero attached hydrogens (tertiary/aromatic N) is 3. The van der Waals surface area contributed by atoms with Gasteiger partial charge in [0.25, 0.3) is 0 Å². The minimum atomic E-state index is -0.534. The summed E-state index contributed by atoms with van der Waals surface area (Å²) in [5.74, 6) is -0.477. The molecule has 21 heavy (non-hydrogen) atoms. The lowest BCUT2D eigenvalue weighted by atomic mass is 10.1. The highest BCUT2D eigenvalue weighted by Gasteiger charge is 2.26. The summed E-state index contributed by atoms with van der Waals surface area (Å²) in [4.78, 5) is 11.7. The summed E-state index contributed by atoms with van der Waals surface area (Å²) < 4.78 is 20.0. The van der Waals surface area contributed by atoms with Gasteiger partial charge in [-0.25, -0.2) is 9.18 Å². The molecule has 0 bridgehead atoms. The van der Waals surface area contributed by atoms with Crippen LogP contribution in [-0.4, -0.2) is 27.8 Å². The highest BCUT2D eigenvalue weighted by atomic mass is 32.2. The van der Waals surface area contributed by atoms with E-state index in [0.717, 1.165) is 23.6 Å². The molecular formula is C14H14FN3O2S. The molecule has 0 saturated heterocycles. The van der Waals surface area contributed by atoms with Crippen LogP contribution in [0.25, 0.3) is 0 Å². The maximum absolute atomic E-state index is 13.3. The fraction of sp³-hybridized carbons (Fsp3) is 0.357. The molecule has 0 radical (unpaired) electrons. The molecule has 7 heteroatoms. The standard InChI is InChI=1S/C14H14FN3O2S/c1-20-13(19)12-6-10(15)3-2-9(12)7-21-14-17-16-8-18(14)11-4-5-11/h2-3,6,8,11H,4-5,7H2,1H3. The number of hydrogen-bond acceptors (Lipinski definition) is 5. The summed E-state index contributed by atoms with van der Waals surface area (Å²) in [7, 11) is 1.29. The van der Waals surface area contributed by atoms with Gasteiger partial charge in [0.2, 0.25) is 0 Å². The largest absolute Gasteiger partial charge is 0.465 e. The van der Waals surface area contributed by atoms with Gasteiger partial charge in [0.05, 0.1) is 12.7 Å². The molecule has 110 valence electrons. The minimum absolute atomic E-state index is 0.252. The van der Waals surface area contributed by atoms with Crippen molar-refractivity contribution in [3.05, 3.63) is 41.5 Å². The van der Waals surface area contributed by atoms with Crippen molar-refractivity contribution >= 4 is 17.7 Å². The molecule has 0 spiro atoms. The van der Waals surface area contributed by atoms with Crippen molar-refractivity contribution in [3.63, 3.8) is 0 Å². The molecule has 1 aliphatic carbocycles. The van der Waals surface area contributed by atoms with E-state index in [1.807, 2.05) is 4.57 Å². The zero-order chi connectivity index (χ0) is 14.8. The Kier molecular flexibility index (Phi) is 3.92. The summed E-state index contributed by atoms with van der Waals surface area (Å²) in [6.07, 6.45) is 4.02. The Labute approximate surface area is 125 Å². The van der Waals surface area contributed by atoms with E-state index in [1.54, 1.807) is 12.4 Å². The molecule has 1 aromatic heterocycles. The van der Waals surface area contributed by atoms with Gasteiger partial charge in [-0.15, -0.1) is 10.2 Å². The van der Waals surface area contributed by atoms with Crippen molar-refractivity contribution in [2.24, 2.45) is 0 Å². The molecule has 0 unspecified atom stereocenters. The maximum atomic E-state index is 13.3. The van der Waals surface area contributed by atoms with Crippen LogP contribution in [0.3, 0.4) is 0 Å². The molecule has 0 atom stereocenters. The van der Waals surface area contributed by atoms with Crippen LogP contribution in [-0.2, 0) is 10.5 Å². The first-order chi connectivity index (χ1) is 10.2. The third kappa shape index (κ3) is 3.07. The fourth-order valence-corrected chi connectivity index (χ4v) is 3.04. The Morgan fingerprint density at radius 3 is 3.05 bits per heavy atom. The Morgan fingerprint density at radius 1 is 1.52 bits per heavy atom. The van der Waals surface area contributed by atoms with Gasteiger partial charge >= 0.3 is 5.97 Å². The van der Waals surface area contributed by atoms with Crippen LogP contribution in [0.4, 0.5) is 4.39 Å². The van der Waals surface area contributed by atoms with Crippen molar-refractivity contribution in [2.45, 2.75) is 29.8 Å². The van der Waals surface area contributed by atoms with E-state index in [4.69, 9.17) is 4.74 Å². The molecule has 1 aromatic carbocycles. The summed E-state index contributed by atoms with van der Waals surface area (Å²) in [5, 5.41) is 8.83. The van der Waals surface area contributed by atoms with Crippen LogP contribution in [0, 0.1) is 5.82 Å². The zero-order valence-electron chi connectivity index (χ0n) is 11.5. The number of hydrogen-bond donors (Lipinski definition) is 0.